The Morgan fingerprint density at radius 3 is 3.21 bits per heavy atom. The maximum absolute atomic E-state index is 10.8. The van der Waals surface area contributed by atoms with Gasteiger partial charge in [-0.2, -0.15) is 0 Å². The normalized spacial score (nSPS) is 21.2. The van der Waals surface area contributed by atoms with Gasteiger partial charge in [-0.1, -0.05) is 6.07 Å². The van der Waals surface area contributed by atoms with Gasteiger partial charge in [-0.05, 0) is 34.8 Å². The Labute approximate surface area is 91.3 Å². The maximum atomic E-state index is 10.8. The largest absolute Gasteiger partial charge is 0.338 e. The van der Waals surface area contributed by atoms with E-state index in [4.69, 9.17) is 0 Å². The van der Waals surface area contributed by atoms with Crippen LogP contribution in [-0.2, 0) is 4.79 Å². The predicted molar refractivity (Wildman–Crippen MR) is 56.7 cm³/mol. The molecule has 1 aliphatic heterocycles. The lowest BCUT2D eigenvalue weighted by Gasteiger charge is -2.20. The molecule has 1 fully saturated rings. The van der Waals surface area contributed by atoms with Gasteiger partial charge in [0.25, 0.3) is 0 Å². The van der Waals surface area contributed by atoms with Gasteiger partial charge in [0.1, 0.15) is 4.60 Å². The van der Waals surface area contributed by atoms with Crippen LogP contribution in [0.2, 0.25) is 0 Å². The Morgan fingerprint density at radius 1 is 1.64 bits per heavy atom. The van der Waals surface area contributed by atoms with Crippen LogP contribution in [-0.4, -0.2) is 22.8 Å². The molecular weight excluding hydrogens is 244 g/mol. The molecule has 4 heteroatoms. The van der Waals surface area contributed by atoms with E-state index in [2.05, 4.69) is 20.9 Å². The Kier molecular flexibility index (Phi) is 2.82. The molecule has 0 bridgehead atoms. The predicted octanol–water partition coefficient (Wildman–Crippen LogP) is 2.14. The highest BCUT2D eigenvalue weighted by Gasteiger charge is 2.26. The lowest BCUT2D eigenvalue weighted by Crippen LogP contribution is -2.21. The van der Waals surface area contributed by atoms with Crippen molar-refractivity contribution < 1.29 is 4.79 Å². The van der Waals surface area contributed by atoms with Crippen LogP contribution < -0.4 is 0 Å². The molecule has 0 N–H and O–H groups in total. The molecule has 0 aromatic carbocycles. The van der Waals surface area contributed by atoms with Crippen molar-refractivity contribution in [1.29, 1.82) is 0 Å². The molecule has 0 radical (unpaired) electrons. The monoisotopic (exact) mass is 254 g/mol. The van der Waals surface area contributed by atoms with E-state index in [1.165, 1.54) is 0 Å². The fourth-order valence-electron chi connectivity index (χ4n) is 1.90. The quantitative estimate of drug-likeness (QED) is 0.599. The van der Waals surface area contributed by atoms with Crippen LogP contribution in [0.15, 0.2) is 22.9 Å². The van der Waals surface area contributed by atoms with Crippen molar-refractivity contribution in [3.63, 3.8) is 0 Å². The Bertz CT molecular complexity index is 343. The first kappa shape index (κ1) is 9.65. The first-order valence-corrected chi connectivity index (χ1v) is 5.43. The first-order valence-electron chi connectivity index (χ1n) is 4.64. The molecule has 0 spiro atoms. The topological polar surface area (TPSA) is 33.2 Å². The molecule has 1 atom stereocenters. The zero-order valence-electron chi connectivity index (χ0n) is 7.69. The van der Waals surface area contributed by atoms with Crippen molar-refractivity contribution in [3.05, 3.63) is 28.5 Å². The molecule has 3 nitrogen and oxygen atoms in total. The number of likely N-dealkylation sites (tertiary alicyclic amines) is 1. The fourth-order valence-corrected chi connectivity index (χ4v) is 2.41. The second-order valence-corrected chi connectivity index (χ2v) is 4.14. The molecule has 2 heterocycles. The van der Waals surface area contributed by atoms with E-state index in [0.29, 0.717) is 0 Å². The zero-order chi connectivity index (χ0) is 9.97. The van der Waals surface area contributed by atoms with Crippen LogP contribution in [0.4, 0.5) is 0 Å². The fraction of sp³-hybridized carbons (Fsp3) is 0.400. The van der Waals surface area contributed by atoms with Crippen LogP contribution in [0.5, 0.6) is 0 Å². The number of hydrogen-bond acceptors (Lipinski definition) is 2. The van der Waals surface area contributed by atoms with E-state index < -0.39 is 0 Å². The summed E-state index contributed by atoms with van der Waals surface area (Å²) in [4.78, 5) is 16.8. The van der Waals surface area contributed by atoms with Gasteiger partial charge in [-0.25, -0.2) is 4.98 Å². The summed E-state index contributed by atoms with van der Waals surface area (Å²) in [5.74, 6) is 0. The number of halogens is 1. The minimum Gasteiger partial charge on any atom is -0.338 e. The summed E-state index contributed by atoms with van der Waals surface area (Å²) in [7, 11) is 0. The third-order valence-corrected chi connectivity index (χ3v) is 3.24. The summed E-state index contributed by atoms with van der Waals surface area (Å²) in [6.45, 7) is 0.857. The molecule has 0 aliphatic carbocycles. The standard InChI is InChI=1S/C10H11BrN2O/c11-10-8(3-1-5-12-10)9-4-2-6-13(9)7-14/h1,3,5,7,9H,2,4,6H2. The Morgan fingerprint density at radius 2 is 2.50 bits per heavy atom. The average molecular weight is 255 g/mol. The molecule has 1 aromatic rings. The summed E-state index contributed by atoms with van der Waals surface area (Å²) in [5, 5.41) is 0. The lowest BCUT2D eigenvalue weighted by atomic mass is 10.1. The zero-order valence-corrected chi connectivity index (χ0v) is 9.27. The minimum atomic E-state index is 0.204. The van der Waals surface area contributed by atoms with Gasteiger partial charge < -0.3 is 4.90 Å². The molecule has 14 heavy (non-hydrogen) atoms. The van der Waals surface area contributed by atoms with Crippen LogP contribution in [0.25, 0.3) is 0 Å². The van der Waals surface area contributed by atoms with Gasteiger partial charge in [0.15, 0.2) is 0 Å². The number of carbonyl (C=O) groups excluding carboxylic acids is 1. The van der Waals surface area contributed by atoms with Gasteiger partial charge in [0.05, 0.1) is 6.04 Å². The summed E-state index contributed by atoms with van der Waals surface area (Å²) in [6, 6.07) is 4.13. The van der Waals surface area contributed by atoms with Gasteiger partial charge in [-0.15, -0.1) is 0 Å². The lowest BCUT2D eigenvalue weighted by molar-refractivity contribution is -0.118. The summed E-state index contributed by atoms with van der Waals surface area (Å²) in [5.41, 5.74) is 1.11. The highest BCUT2D eigenvalue weighted by Crippen LogP contribution is 2.33. The summed E-state index contributed by atoms with van der Waals surface area (Å²) >= 11 is 3.41. The minimum absolute atomic E-state index is 0.204. The smallest absolute Gasteiger partial charge is 0.210 e. The average Bonchev–Trinajstić information content (AvgIpc) is 2.66. The Hall–Kier alpha value is -0.900. The van der Waals surface area contributed by atoms with Gasteiger partial charge >= 0.3 is 0 Å². The SMILES string of the molecule is O=CN1CCCC1c1cccnc1Br. The molecule has 1 aliphatic rings. The second kappa shape index (κ2) is 4.09. The second-order valence-electron chi connectivity index (χ2n) is 3.38. The third kappa shape index (κ3) is 1.66. The maximum Gasteiger partial charge on any atom is 0.210 e. The number of rotatable bonds is 2. The van der Waals surface area contributed by atoms with Crippen LogP contribution in [0.1, 0.15) is 24.4 Å². The highest BCUT2D eigenvalue weighted by molar-refractivity contribution is 9.10. The van der Waals surface area contributed by atoms with E-state index in [-0.39, 0.29) is 6.04 Å². The van der Waals surface area contributed by atoms with E-state index >= 15 is 0 Å². The summed E-state index contributed by atoms with van der Waals surface area (Å²) in [6.07, 6.45) is 4.78. The van der Waals surface area contributed by atoms with Crippen molar-refractivity contribution in [2.75, 3.05) is 6.54 Å². The van der Waals surface area contributed by atoms with Crippen LogP contribution in [0.3, 0.4) is 0 Å². The molecule has 1 amide bonds. The molecule has 74 valence electrons. The first-order chi connectivity index (χ1) is 6.83. The van der Waals surface area contributed by atoms with Gasteiger partial charge in [-0.3, -0.25) is 4.79 Å². The molecule has 0 saturated carbocycles. The number of carbonyl (C=O) groups is 1. The van der Waals surface area contributed by atoms with Crippen LogP contribution in [0, 0.1) is 0 Å². The van der Waals surface area contributed by atoms with Gasteiger partial charge in [0, 0.05) is 18.3 Å². The molecule has 1 unspecified atom stereocenters. The number of nitrogens with zero attached hydrogens (tertiary/aromatic N) is 2. The van der Waals surface area contributed by atoms with Gasteiger partial charge in [0.2, 0.25) is 6.41 Å². The van der Waals surface area contributed by atoms with Crippen LogP contribution >= 0.6 is 15.9 Å². The molecule has 1 aromatic heterocycles. The number of aromatic nitrogens is 1. The van der Waals surface area contributed by atoms with Crippen molar-refractivity contribution in [3.8, 4) is 0 Å². The van der Waals surface area contributed by atoms with Crippen molar-refractivity contribution in [2.24, 2.45) is 0 Å². The molecule has 2 rings (SSSR count). The Balaban J connectivity index is 2.30. The number of amides is 1. The molecule has 1 saturated heterocycles. The number of hydrogen-bond donors (Lipinski definition) is 0. The third-order valence-electron chi connectivity index (χ3n) is 2.58. The van der Waals surface area contributed by atoms with E-state index in [0.717, 1.165) is 36.0 Å². The van der Waals surface area contributed by atoms with Crippen molar-refractivity contribution in [1.82, 2.24) is 9.88 Å². The van der Waals surface area contributed by atoms with E-state index in [9.17, 15) is 4.79 Å². The van der Waals surface area contributed by atoms with Crippen molar-refractivity contribution in [2.45, 2.75) is 18.9 Å². The number of pyridine rings is 1. The highest BCUT2D eigenvalue weighted by atomic mass is 79.9. The summed E-state index contributed by atoms with van der Waals surface area (Å²) < 4.78 is 0.846. The van der Waals surface area contributed by atoms with Crippen molar-refractivity contribution >= 4 is 22.3 Å². The van der Waals surface area contributed by atoms with E-state index in [1.54, 1.807) is 6.20 Å². The molecular formula is C10H11BrN2O. The van der Waals surface area contributed by atoms with E-state index in [1.807, 2.05) is 17.0 Å².